The van der Waals surface area contributed by atoms with E-state index >= 15 is 0 Å². The second-order valence-electron chi connectivity index (χ2n) is 6.09. The summed E-state index contributed by atoms with van der Waals surface area (Å²) in [5.41, 5.74) is 2.07. The number of hydrogen-bond donors (Lipinski definition) is 0. The van der Waals surface area contributed by atoms with Crippen molar-refractivity contribution in [3.63, 3.8) is 0 Å². The number of carbonyl (C=O) groups is 1. The summed E-state index contributed by atoms with van der Waals surface area (Å²) in [4.78, 5) is 19.4. The minimum atomic E-state index is 0.0452. The molecule has 8 nitrogen and oxygen atoms in total. The Labute approximate surface area is 139 Å². The molecule has 24 heavy (non-hydrogen) atoms. The third-order valence-corrected chi connectivity index (χ3v) is 4.64. The standard InChI is InChI=1S/C16H19N7O/c1-21-13-6-3-2-5-12(13)18-16(21)14-7-4-9-23(14)15(24)8-10-22-11-17-19-20-22/h2-3,5-6,11,14H,4,7-10H2,1H3. The van der Waals surface area contributed by atoms with Gasteiger partial charge in [0.15, 0.2) is 0 Å². The van der Waals surface area contributed by atoms with Gasteiger partial charge in [0.1, 0.15) is 12.2 Å². The number of fused-ring (bicyclic) bond motifs is 1. The number of nitrogens with zero attached hydrogens (tertiary/aromatic N) is 7. The molecule has 0 radical (unpaired) electrons. The number of carbonyl (C=O) groups excluding carboxylic acids is 1. The molecule has 1 aliphatic heterocycles. The number of para-hydroxylation sites is 2. The minimum absolute atomic E-state index is 0.0452. The van der Waals surface area contributed by atoms with Gasteiger partial charge in [-0.3, -0.25) is 4.79 Å². The van der Waals surface area contributed by atoms with Gasteiger partial charge in [-0.15, -0.1) is 5.10 Å². The number of amides is 1. The Morgan fingerprint density at radius 2 is 2.21 bits per heavy atom. The molecule has 3 heterocycles. The molecular formula is C16H19N7O. The summed E-state index contributed by atoms with van der Waals surface area (Å²) in [5.74, 6) is 1.09. The molecule has 1 aromatic carbocycles. The van der Waals surface area contributed by atoms with E-state index in [1.165, 1.54) is 6.33 Å². The molecule has 3 aromatic rings. The van der Waals surface area contributed by atoms with Crippen LogP contribution in [0, 0.1) is 0 Å². The van der Waals surface area contributed by atoms with Gasteiger partial charge in [-0.1, -0.05) is 12.1 Å². The number of imidazole rings is 1. The fourth-order valence-corrected chi connectivity index (χ4v) is 3.43. The average molecular weight is 325 g/mol. The first-order chi connectivity index (χ1) is 11.7. The Morgan fingerprint density at radius 1 is 1.33 bits per heavy atom. The lowest BCUT2D eigenvalue weighted by molar-refractivity contribution is -0.132. The van der Waals surface area contributed by atoms with E-state index in [0.29, 0.717) is 13.0 Å². The maximum atomic E-state index is 12.7. The second kappa shape index (κ2) is 6.03. The summed E-state index contributed by atoms with van der Waals surface area (Å²) in [6.07, 6.45) is 3.88. The fourth-order valence-electron chi connectivity index (χ4n) is 3.43. The summed E-state index contributed by atoms with van der Waals surface area (Å²) in [5, 5.41) is 11.0. The smallest absolute Gasteiger partial charge is 0.225 e. The normalized spacial score (nSPS) is 17.7. The lowest BCUT2D eigenvalue weighted by atomic mass is 10.2. The molecule has 8 heteroatoms. The van der Waals surface area contributed by atoms with Gasteiger partial charge in [0.25, 0.3) is 0 Å². The highest BCUT2D eigenvalue weighted by Gasteiger charge is 2.32. The molecule has 1 saturated heterocycles. The van der Waals surface area contributed by atoms with Crippen molar-refractivity contribution in [2.45, 2.75) is 31.8 Å². The van der Waals surface area contributed by atoms with Crippen LogP contribution in [0.5, 0.6) is 0 Å². The first-order valence-corrected chi connectivity index (χ1v) is 8.15. The number of benzene rings is 1. The number of hydrogen-bond acceptors (Lipinski definition) is 5. The molecule has 0 aliphatic carbocycles. The molecule has 124 valence electrons. The van der Waals surface area contributed by atoms with Gasteiger partial charge in [0.2, 0.25) is 5.91 Å². The number of aromatic nitrogens is 6. The monoisotopic (exact) mass is 325 g/mol. The van der Waals surface area contributed by atoms with Gasteiger partial charge in [-0.25, -0.2) is 9.67 Å². The first kappa shape index (κ1) is 14.8. The van der Waals surface area contributed by atoms with Crippen LogP contribution >= 0.6 is 0 Å². The molecular weight excluding hydrogens is 306 g/mol. The quantitative estimate of drug-likeness (QED) is 0.722. The molecule has 0 N–H and O–H groups in total. The summed E-state index contributed by atoms with van der Waals surface area (Å²) in [7, 11) is 2.02. The Morgan fingerprint density at radius 3 is 3.00 bits per heavy atom. The van der Waals surface area contributed by atoms with Crippen LogP contribution in [0.15, 0.2) is 30.6 Å². The molecule has 0 bridgehead atoms. The van der Waals surface area contributed by atoms with E-state index in [2.05, 4.69) is 26.2 Å². The minimum Gasteiger partial charge on any atom is -0.332 e. The molecule has 2 aromatic heterocycles. The zero-order chi connectivity index (χ0) is 16.5. The van der Waals surface area contributed by atoms with Gasteiger partial charge in [0.05, 0.1) is 23.6 Å². The Balaban J connectivity index is 1.55. The van der Waals surface area contributed by atoms with Gasteiger partial charge in [-0.2, -0.15) is 0 Å². The van der Waals surface area contributed by atoms with E-state index in [9.17, 15) is 4.79 Å². The maximum Gasteiger partial charge on any atom is 0.225 e. The summed E-state index contributed by atoms with van der Waals surface area (Å²) >= 11 is 0. The Kier molecular flexibility index (Phi) is 3.72. The van der Waals surface area contributed by atoms with Crippen LogP contribution in [0.1, 0.15) is 31.1 Å². The van der Waals surface area contributed by atoms with E-state index in [1.807, 2.05) is 30.1 Å². The molecule has 1 aliphatic rings. The highest BCUT2D eigenvalue weighted by Crippen LogP contribution is 2.33. The lowest BCUT2D eigenvalue weighted by Crippen LogP contribution is -2.32. The molecule has 1 fully saturated rings. The van der Waals surface area contributed by atoms with Crippen molar-refractivity contribution >= 4 is 16.9 Å². The SMILES string of the molecule is Cn1c(C2CCCN2C(=O)CCn2cnnn2)nc2ccccc21. The fraction of sp³-hybridized carbons (Fsp3) is 0.438. The zero-order valence-electron chi connectivity index (χ0n) is 13.5. The van der Waals surface area contributed by atoms with Gasteiger partial charge in [-0.05, 0) is 35.4 Å². The third-order valence-electron chi connectivity index (χ3n) is 4.64. The lowest BCUT2D eigenvalue weighted by Gasteiger charge is -2.24. The van der Waals surface area contributed by atoms with Crippen LogP contribution in [-0.2, 0) is 18.4 Å². The first-order valence-electron chi connectivity index (χ1n) is 8.15. The van der Waals surface area contributed by atoms with E-state index < -0.39 is 0 Å². The van der Waals surface area contributed by atoms with Gasteiger partial charge in [0, 0.05) is 20.0 Å². The van der Waals surface area contributed by atoms with Crippen LogP contribution in [0.25, 0.3) is 11.0 Å². The van der Waals surface area contributed by atoms with Crippen molar-refractivity contribution in [2.24, 2.45) is 7.05 Å². The van der Waals surface area contributed by atoms with E-state index in [4.69, 9.17) is 4.98 Å². The summed E-state index contributed by atoms with van der Waals surface area (Å²) < 4.78 is 3.69. The van der Waals surface area contributed by atoms with Crippen LogP contribution in [0.3, 0.4) is 0 Å². The van der Waals surface area contributed by atoms with Crippen molar-refractivity contribution in [3.8, 4) is 0 Å². The van der Waals surface area contributed by atoms with E-state index in [1.54, 1.807) is 4.68 Å². The van der Waals surface area contributed by atoms with Crippen LogP contribution in [0.2, 0.25) is 0 Å². The van der Waals surface area contributed by atoms with E-state index in [-0.39, 0.29) is 11.9 Å². The summed E-state index contributed by atoms with van der Waals surface area (Å²) in [6, 6.07) is 8.12. The van der Waals surface area contributed by atoms with Crippen molar-refractivity contribution < 1.29 is 4.79 Å². The number of rotatable bonds is 4. The van der Waals surface area contributed by atoms with Crippen LogP contribution < -0.4 is 0 Å². The van der Waals surface area contributed by atoms with Crippen LogP contribution in [0.4, 0.5) is 0 Å². The van der Waals surface area contributed by atoms with Crippen molar-refractivity contribution in [1.82, 2.24) is 34.7 Å². The largest absolute Gasteiger partial charge is 0.332 e. The Bertz CT molecular complexity index is 855. The molecule has 1 atom stereocenters. The van der Waals surface area contributed by atoms with Crippen molar-refractivity contribution in [1.29, 1.82) is 0 Å². The predicted octanol–water partition coefficient (Wildman–Crippen LogP) is 1.31. The molecule has 0 saturated carbocycles. The third kappa shape index (κ3) is 2.53. The highest BCUT2D eigenvalue weighted by atomic mass is 16.2. The number of tetrazole rings is 1. The van der Waals surface area contributed by atoms with Gasteiger partial charge >= 0.3 is 0 Å². The van der Waals surface area contributed by atoms with Crippen molar-refractivity contribution in [3.05, 3.63) is 36.4 Å². The second-order valence-corrected chi connectivity index (χ2v) is 6.09. The maximum absolute atomic E-state index is 12.7. The molecule has 1 amide bonds. The predicted molar refractivity (Wildman–Crippen MR) is 86.8 cm³/mol. The number of likely N-dealkylation sites (tertiary alicyclic amines) is 1. The molecule has 4 rings (SSSR count). The highest BCUT2D eigenvalue weighted by molar-refractivity contribution is 5.78. The molecule has 0 spiro atoms. The number of aryl methyl sites for hydroxylation is 2. The van der Waals surface area contributed by atoms with Crippen LogP contribution in [-0.4, -0.2) is 47.1 Å². The summed E-state index contributed by atoms with van der Waals surface area (Å²) in [6.45, 7) is 1.28. The zero-order valence-corrected chi connectivity index (χ0v) is 13.5. The average Bonchev–Trinajstić information content (AvgIpc) is 3.33. The topological polar surface area (TPSA) is 81.7 Å². The van der Waals surface area contributed by atoms with Crippen molar-refractivity contribution in [2.75, 3.05) is 6.54 Å². The Hall–Kier alpha value is -2.77. The van der Waals surface area contributed by atoms with Gasteiger partial charge < -0.3 is 9.47 Å². The molecule has 1 unspecified atom stereocenters. The van der Waals surface area contributed by atoms with E-state index in [0.717, 1.165) is 36.2 Å².